The van der Waals surface area contributed by atoms with Crippen LogP contribution in [-0.4, -0.2) is 25.2 Å². The summed E-state index contributed by atoms with van der Waals surface area (Å²) in [4.78, 5) is 6.37. The van der Waals surface area contributed by atoms with Gasteiger partial charge in [0.05, 0.1) is 16.7 Å². The molecule has 3 nitrogen and oxygen atoms in total. The standard InChI is InChI=1S/C14H24N2OS/c1-3-9-15-11-6-4-7-12-14(11)16-13(18-12)8-5-10-17-2/h11,15H,3-10H2,1-2H3. The summed E-state index contributed by atoms with van der Waals surface area (Å²) in [5, 5.41) is 4.92. The quantitative estimate of drug-likeness (QED) is 0.772. The van der Waals surface area contributed by atoms with Crippen LogP contribution in [0.2, 0.25) is 0 Å². The topological polar surface area (TPSA) is 34.1 Å². The zero-order valence-electron chi connectivity index (χ0n) is 11.5. The third-order valence-corrected chi connectivity index (χ3v) is 4.57. The Morgan fingerprint density at radius 3 is 3.17 bits per heavy atom. The van der Waals surface area contributed by atoms with Gasteiger partial charge in [-0.1, -0.05) is 6.92 Å². The lowest BCUT2D eigenvalue weighted by Crippen LogP contribution is -2.25. The fraction of sp³-hybridized carbons (Fsp3) is 0.786. The number of rotatable bonds is 7. The molecule has 4 heteroatoms. The Bertz CT molecular complexity index is 365. The minimum absolute atomic E-state index is 0.501. The van der Waals surface area contributed by atoms with E-state index < -0.39 is 0 Å². The number of hydrogen-bond donors (Lipinski definition) is 1. The van der Waals surface area contributed by atoms with E-state index in [-0.39, 0.29) is 0 Å². The van der Waals surface area contributed by atoms with Crippen molar-refractivity contribution < 1.29 is 4.74 Å². The smallest absolute Gasteiger partial charge is 0.0932 e. The van der Waals surface area contributed by atoms with Gasteiger partial charge in [0, 0.05) is 25.0 Å². The zero-order chi connectivity index (χ0) is 12.8. The van der Waals surface area contributed by atoms with Crippen molar-refractivity contribution in [2.24, 2.45) is 0 Å². The lowest BCUT2D eigenvalue weighted by molar-refractivity contribution is 0.195. The fourth-order valence-corrected chi connectivity index (χ4v) is 3.67. The highest BCUT2D eigenvalue weighted by atomic mass is 32.1. The Labute approximate surface area is 114 Å². The van der Waals surface area contributed by atoms with E-state index in [1.165, 1.54) is 41.3 Å². The average Bonchev–Trinajstić information content (AvgIpc) is 2.80. The summed E-state index contributed by atoms with van der Waals surface area (Å²) < 4.78 is 5.10. The second-order valence-electron chi connectivity index (χ2n) is 4.91. The Balaban J connectivity index is 1.98. The summed E-state index contributed by atoms with van der Waals surface area (Å²) in [6, 6.07) is 0.501. The van der Waals surface area contributed by atoms with E-state index in [0.717, 1.165) is 26.0 Å². The average molecular weight is 268 g/mol. The van der Waals surface area contributed by atoms with Crippen molar-refractivity contribution in [1.82, 2.24) is 10.3 Å². The van der Waals surface area contributed by atoms with E-state index in [4.69, 9.17) is 9.72 Å². The molecule has 0 saturated carbocycles. The van der Waals surface area contributed by atoms with Crippen LogP contribution in [0.1, 0.15) is 54.2 Å². The molecule has 1 unspecified atom stereocenters. The summed E-state index contributed by atoms with van der Waals surface area (Å²) >= 11 is 1.92. The minimum Gasteiger partial charge on any atom is -0.385 e. The van der Waals surface area contributed by atoms with Crippen molar-refractivity contribution in [3.05, 3.63) is 15.6 Å². The molecule has 1 atom stereocenters. The van der Waals surface area contributed by atoms with E-state index in [2.05, 4.69) is 12.2 Å². The van der Waals surface area contributed by atoms with Gasteiger partial charge < -0.3 is 10.1 Å². The molecule has 18 heavy (non-hydrogen) atoms. The number of thiazole rings is 1. The lowest BCUT2D eigenvalue weighted by Gasteiger charge is -2.22. The van der Waals surface area contributed by atoms with Crippen LogP contribution in [0.3, 0.4) is 0 Å². The van der Waals surface area contributed by atoms with Gasteiger partial charge in [-0.25, -0.2) is 4.98 Å². The van der Waals surface area contributed by atoms with Crippen molar-refractivity contribution in [2.75, 3.05) is 20.3 Å². The summed E-state index contributed by atoms with van der Waals surface area (Å²) in [5.74, 6) is 0. The second kappa shape index (κ2) is 7.22. The molecule has 0 bridgehead atoms. The van der Waals surface area contributed by atoms with Crippen molar-refractivity contribution >= 4 is 11.3 Å². The fourth-order valence-electron chi connectivity index (χ4n) is 2.46. The van der Waals surface area contributed by atoms with Gasteiger partial charge >= 0.3 is 0 Å². The maximum atomic E-state index is 5.10. The first-order valence-corrected chi connectivity index (χ1v) is 7.87. The van der Waals surface area contributed by atoms with Gasteiger partial charge in [0.15, 0.2) is 0 Å². The van der Waals surface area contributed by atoms with Crippen molar-refractivity contribution in [1.29, 1.82) is 0 Å². The third kappa shape index (κ3) is 3.53. The Morgan fingerprint density at radius 1 is 1.50 bits per heavy atom. The highest BCUT2D eigenvalue weighted by Crippen LogP contribution is 2.33. The van der Waals surface area contributed by atoms with Crippen LogP contribution in [0.15, 0.2) is 0 Å². The Hall–Kier alpha value is -0.450. The molecule has 2 rings (SSSR count). The van der Waals surface area contributed by atoms with Crippen molar-refractivity contribution in [2.45, 2.75) is 51.5 Å². The summed E-state index contributed by atoms with van der Waals surface area (Å²) in [6.45, 7) is 4.15. The number of aryl methyl sites for hydroxylation is 2. The molecule has 0 saturated heterocycles. The highest BCUT2D eigenvalue weighted by molar-refractivity contribution is 7.11. The largest absolute Gasteiger partial charge is 0.385 e. The molecule has 1 aromatic rings. The number of aromatic nitrogens is 1. The maximum absolute atomic E-state index is 5.10. The van der Waals surface area contributed by atoms with E-state index in [1.54, 1.807) is 7.11 Å². The molecule has 1 aliphatic rings. The van der Waals surface area contributed by atoms with E-state index in [0.29, 0.717) is 6.04 Å². The molecule has 0 fully saturated rings. The first kappa shape index (κ1) is 14.0. The summed E-state index contributed by atoms with van der Waals surface area (Å²) in [5.41, 5.74) is 1.34. The van der Waals surface area contributed by atoms with Gasteiger partial charge in [-0.15, -0.1) is 11.3 Å². The van der Waals surface area contributed by atoms with Crippen LogP contribution in [0, 0.1) is 0 Å². The van der Waals surface area contributed by atoms with Crippen LogP contribution in [0.25, 0.3) is 0 Å². The number of nitrogens with zero attached hydrogens (tertiary/aromatic N) is 1. The molecule has 0 amide bonds. The van der Waals surface area contributed by atoms with Crippen molar-refractivity contribution in [3.63, 3.8) is 0 Å². The highest BCUT2D eigenvalue weighted by Gasteiger charge is 2.23. The number of fused-ring (bicyclic) bond motifs is 1. The van der Waals surface area contributed by atoms with Crippen LogP contribution in [0.5, 0.6) is 0 Å². The lowest BCUT2D eigenvalue weighted by atomic mass is 9.97. The predicted molar refractivity (Wildman–Crippen MR) is 76.3 cm³/mol. The number of hydrogen-bond acceptors (Lipinski definition) is 4. The van der Waals surface area contributed by atoms with Gasteiger partial charge in [0.25, 0.3) is 0 Å². The minimum atomic E-state index is 0.501. The molecule has 0 radical (unpaired) electrons. The van der Waals surface area contributed by atoms with Gasteiger partial charge in [0.2, 0.25) is 0 Å². The maximum Gasteiger partial charge on any atom is 0.0932 e. The molecule has 1 aromatic heterocycles. The van der Waals surface area contributed by atoms with Gasteiger partial charge in [0.1, 0.15) is 0 Å². The molecular formula is C14H24N2OS. The number of nitrogens with one attached hydrogen (secondary N) is 1. The van der Waals surface area contributed by atoms with Gasteiger partial charge in [-0.2, -0.15) is 0 Å². The van der Waals surface area contributed by atoms with Crippen molar-refractivity contribution in [3.8, 4) is 0 Å². The summed E-state index contributed by atoms with van der Waals surface area (Å²) in [7, 11) is 1.76. The normalized spacial score (nSPS) is 18.9. The van der Waals surface area contributed by atoms with Gasteiger partial charge in [-0.3, -0.25) is 0 Å². The van der Waals surface area contributed by atoms with E-state index in [1.807, 2.05) is 11.3 Å². The zero-order valence-corrected chi connectivity index (χ0v) is 12.3. The molecule has 1 aliphatic carbocycles. The van der Waals surface area contributed by atoms with Crippen LogP contribution in [0.4, 0.5) is 0 Å². The number of methoxy groups -OCH3 is 1. The first-order valence-electron chi connectivity index (χ1n) is 7.06. The number of ether oxygens (including phenoxy) is 1. The van der Waals surface area contributed by atoms with E-state index in [9.17, 15) is 0 Å². The Kier molecular flexibility index (Phi) is 5.60. The molecular weight excluding hydrogens is 244 g/mol. The molecule has 102 valence electrons. The molecule has 0 spiro atoms. The van der Waals surface area contributed by atoms with Crippen LogP contribution < -0.4 is 5.32 Å². The molecule has 0 aromatic carbocycles. The predicted octanol–water partition coefficient (Wildman–Crippen LogP) is 3.10. The van der Waals surface area contributed by atoms with Crippen LogP contribution >= 0.6 is 11.3 Å². The Morgan fingerprint density at radius 2 is 2.39 bits per heavy atom. The van der Waals surface area contributed by atoms with Crippen LogP contribution in [-0.2, 0) is 17.6 Å². The SMILES string of the molecule is CCCNC1CCCc2sc(CCCOC)nc21. The monoisotopic (exact) mass is 268 g/mol. The molecule has 0 aliphatic heterocycles. The van der Waals surface area contributed by atoms with E-state index >= 15 is 0 Å². The molecule has 1 N–H and O–H groups in total. The summed E-state index contributed by atoms with van der Waals surface area (Å²) in [6.07, 6.45) is 7.10. The van der Waals surface area contributed by atoms with Gasteiger partial charge in [-0.05, 0) is 38.6 Å². The second-order valence-corrected chi connectivity index (χ2v) is 6.08. The first-order chi connectivity index (χ1) is 8.85. The molecule has 1 heterocycles. The third-order valence-electron chi connectivity index (χ3n) is 3.38.